The standard InChI is InChI=1S/C22H30FN5O.C8H9F2NO/c1-16-15-28(7-6-26(16)3)21-13-19(23)18(12-20(21)24-2)17-4-5-22(25-14-17)27-8-10-29-11-9-27;1-11-3-2-7(8(9)10)6(4-11)5-12/h4-5,12-14,16,24H,6-11,15H2,1-3H3;2,4-5,8H,3H2,1H3. The third-order valence-corrected chi connectivity index (χ3v) is 7.70. The molecule has 0 radical (unpaired) electrons. The van der Waals surface area contributed by atoms with Gasteiger partial charge in [0, 0.05) is 94.1 Å². The van der Waals surface area contributed by atoms with Gasteiger partial charge in [-0.3, -0.25) is 4.79 Å². The number of carbonyl (C=O) groups excluding carboxylic acids is 1. The fraction of sp³-hybridized carbons (Fsp3) is 0.467. The van der Waals surface area contributed by atoms with Crippen LogP contribution >= 0.6 is 0 Å². The second kappa shape index (κ2) is 13.9. The largest absolute Gasteiger partial charge is 0.386 e. The van der Waals surface area contributed by atoms with Gasteiger partial charge in [-0.2, -0.15) is 0 Å². The lowest BCUT2D eigenvalue weighted by Crippen LogP contribution is -2.50. The van der Waals surface area contributed by atoms with Crippen LogP contribution in [0.5, 0.6) is 0 Å². The molecule has 1 aromatic heterocycles. The first-order chi connectivity index (χ1) is 19.7. The molecule has 4 heterocycles. The van der Waals surface area contributed by atoms with E-state index in [1.165, 1.54) is 12.3 Å². The number of benzene rings is 1. The molecule has 41 heavy (non-hydrogen) atoms. The Balaban J connectivity index is 0.000000271. The summed E-state index contributed by atoms with van der Waals surface area (Å²) in [7, 11) is 5.75. The highest BCUT2D eigenvalue weighted by Crippen LogP contribution is 2.35. The summed E-state index contributed by atoms with van der Waals surface area (Å²) in [6.07, 6.45) is 2.45. The number of alkyl halides is 2. The van der Waals surface area contributed by atoms with Crippen LogP contribution in [0.4, 0.5) is 30.4 Å². The lowest BCUT2D eigenvalue weighted by molar-refractivity contribution is -0.105. The zero-order valence-electron chi connectivity index (χ0n) is 24.1. The van der Waals surface area contributed by atoms with Gasteiger partial charge in [-0.1, -0.05) is 6.08 Å². The van der Waals surface area contributed by atoms with E-state index in [4.69, 9.17) is 4.74 Å². The van der Waals surface area contributed by atoms with Gasteiger partial charge in [0.05, 0.1) is 24.6 Å². The summed E-state index contributed by atoms with van der Waals surface area (Å²) in [5.41, 5.74) is 3.12. The van der Waals surface area contributed by atoms with Crippen molar-refractivity contribution in [3.8, 4) is 11.1 Å². The number of allylic oxidation sites excluding steroid dienone is 2. The third kappa shape index (κ3) is 7.39. The molecule has 222 valence electrons. The first-order valence-electron chi connectivity index (χ1n) is 13.8. The number of anilines is 3. The molecule has 2 fully saturated rings. The first-order valence-corrected chi connectivity index (χ1v) is 13.8. The predicted octanol–water partition coefficient (Wildman–Crippen LogP) is 4.11. The van der Waals surface area contributed by atoms with Crippen LogP contribution in [-0.4, -0.2) is 107 Å². The van der Waals surface area contributed by atoms with Crippen molar-refractivity contribution < 1.29 is 22.7 Å². The van der Waals surface area contributed by atoms with Gasteiger partial charge >= 0.3 is 0 Å². The lowest BCUT2D eigenvalue weighted by Gasteiger charge is -2.39. The maximum atomic E-state index is 15.1. The monoisotopic (exact) mass is 572 g/mol. The quantitative estimate of drug-likeness (QED) is 0.519. The number of rotatable bonds is 6. The highest BCUT2D eigenvalue weighted by molar-refractivity contribution is 5.81. The molecule has 3 aliphatic rings. The predicted molar refractivity (Wildman–Crippen MR) is 157 cm³/mol. The number of hydrogen-bond acceptors (Lipinski definition) is 8. The first kappa shape index (κ1) is 30.4. The molecule has 0 saturated carbocycles. The Morgan fingerprint density at radius 2 is 1.85 bits per heavy atom. The topological polar surface area (TPSA) is 64.2 Å². The molecule has 3 aliphatic heterocycles. The molecule has 0 spiro atoms. The van der Waals surface area contributed by atoms with E-state index in [0.29, 0.717) is 24.4 Å². The number of pyridine rings is 1. The Hall–Kier alpha value is -3.57. The van der Waals surface area contributed by atoms with E-state index in [-0.39, 0.29) is 17.0 Å². The van der Waals surface area contributed by atoms with Gasteiger partial charge in [0.1, 0.15) is 11.6 Å². The number of nitrogens with one attached hydrogen (secondary N) is 1. The molecule has 2 aromatic rings. The molecule has 1 unspecified atom stereocenters. The van der Waals surface area contributed by atoms with Crippen LogP contribution in [0.2, 0.25) is 0 Å². The lowest BCUT2D eigenvalue weighted by atomic mass is 10.0. The SMILES string of the molecule is CN1C=C(C=O)C(C(F)F)=CC1.CNc1cc(-c2ccc(N3CCOCC3)nc2)c(F)cc1N1CCN(C)C(C)C1. The molecule has 0 aliphatic carbocycles. The molecule has 5 rings (SSSR count). The van der Waals surface area contributed by atoms with Crippen LogP contribution in [0.1, 0.15) is 6.92 Å². The molecule has 1 atom stereocenters. The molecule has 1 aromatic carbocycles. The highest BCUT2D eigenvalue weighted by Gasteiger charge is 2.24. The Morgan fingerprint density at radius 1 is 1.10 bits per heavy atom. The van der Waals surface area contributed by atoms with E-state index >= 15 is 4.39 Å². The van der Waals surface area contributed by atoms with E-state index in [2.05, 4.69) is 39.0 Å². The van der Waals surface area contributed by atoms with E-state index in [0.717, 1.165) is 68.7 Å². The maximum Gasteiger partial charge on any atom is 0.264 e. The van der Waals surface area contributed by atoms with Crippen LogP contribution in [0, 0.1) is 5.82 Å². The molecule has 8 nitrogen and oxygen atoms in total. The van der Waals surface area contributed by atoms with Crippen molar-refractivity contribution >= 4 is 23.5 Å². The molecule has 0 bridgehead atoms. The van der Waals surface area contributed by atoms with E-state index in [1.807, 2.05) is 25.2 Å². The van der Waals surface area contributed by atoms with Gasteiger partial charge in [-0.05, 0) is 38.2 Å². The van der Waals surface area contributed by atoms with Crippen molar-refractivity contribution in [2.45, 2.75) is 19.4 Å². The normalized spacial score (nSPS) is 19.8. The van der Waals surface area contributed by atoms with Crippen molar-refractivity contribution in [2.24, 2.45) is 0 Å². The van der Waals surface area contributed by atoms with Gasteiger partial charge in [0.25, 0.3) is 6.43 Å². The summed E-state index contributed by atoms with van der Waals surface area (Å²) >= 11 is 0. The maximum absolute atomic E-state index is 15.1. The number of hydrogen-bond donors (Lipinski definition) is 1. The number of ether oxygens (including phenoxy) is 1. The smallest absolute Gasteiger partial charge is 0.264 e. The summed E-state index contributed by atoms with van der Waals surface area (Å²) in [6.45, 7) is 8.50. The van der Waals surface area contributed by atoms with Crippen LogP contribution in [0.25, 0.3) is 11.1 Å². The van der Waals surface area contributed by atoms with Gasteiger partial charge in [0.2, 0.25) is 0 Å². The second-order valence-corrected chi connectivity index (χ2v) is 10.5. The molecule has 0 amide bonds. The fourth-order valence-corrected chi connectivity index (χ4v) is 5.08. The summed E-state index contributed by atoms with van der Waals surface area (Å²) in [4.78, 5) is 23.4. The van der Waals surface area contributed by atoms with Crippen LogP contribution in [0.3, 0.4) is 0 Å². The van der Waals surface area contributed by atoms with Gasteiger partial charge < -0.3 is 29.7 Å². The minimum absolute atomic E-state index is 0.0683. The number of nitrogens with zero attached hydrogens (tertiary/aromatic N) is 5. The summed E-state index contributed by atoms with van der Waals surface area (Å²) < 4.78 is 44.9. The van der Waals surface area contributed by atoms with Gasteiger partial charge in [-0.15, -0.1) is 0 Å². The van der Waals surface area contributed by atoms with Crippen molar-refractivity contribution in [3.05, 3.63) is 59.7 Å². The molecular weight excluding hydrogens is 533 g/mol. The zero-order valence-corrected chi connectivity index (χ0v) is 24.1. The number of aldehydes is 1. The molecule has 11 heteroatoms. The van der Waals surface area contributed by atoms with Crippen LogP contribution < -0.4 is 15.1 Å². The Morgan fingerprint density at radius 3 is 2.46 bits per heavy atom. The number of likely N-dealkylation sites (N-methyl/N-ethyl adjacent to an activating group) is 2. The van der Waals surface area contributed by atoms with Crippen LogP contribution in [-0.2, 0) is 9.53 Å². The summed E-state index contributed by atoms with van der Waals surface area (Å²) in [5, 5.41) is 3.25. The molecule has 1 N–H and O–H groups in total. The number of aromatic nitrogens is 1. The average Bonchev–Trinajstić information content (AvgIpc) is 2.99. The third-order valence-electron chi connectivity index (χ3n) is 7.70. The average molecular weight is 573 g/mol. The number of piperazine rings is 1. The minimum Gasteiger partial charge on any atom is -0.386 e. The minimum atomic E-state index is -2.56. The Kier molecular flexibility index (Phi) is 10.3. The zero-order chi connectivity index (χ0) is 29.5. The fourth-order valence-electron chi connectivity index (χ4n) is 5.08. The summed E-state index contributed by atoms with van der Waals surface area (Å²) in [5.74, 6) is 0.695. The Labute approximate surface area is 240 Å². The second-order valence-electron chi connectivity index (χ2n) is 10.5. The Bertz CT molecular complexity index is 1250. The molecule has 2 saturated heterocycles. The van der Waals surface area contributed by atoms with Crippen molar-refractivity contribution in [2.75, 3.05) is 88.7 Å². The van der Waals surface area contributed by atoms with Crippen molar-refractivity contribution in [3.63, 3.8) is 0 Å². The van der Waals surface area contributed by atoms with Crippen molar-refractivity contribution in [1.82, 2.24) is 14.8 Å². The molecular formula is C30H39F3N6O2. The van der Waals surface area contributed by atoms with E-state index < -0.39 is 6.43 Å². The van der Waals surface area contributed by atoms with E-state index in [9.17, 15) is 13.6 Å². The number of carbonyl (C=O) groups is 1. The highest BCUT2D eigenvalue weighted by atomic mass is 19.3. The number of halogens is 3. The van der Waals surface area contributed by atoms with Crippen LogP contribution in [0.15, 0.2) is 53.9 Å². The van der Waals surface area contributed by atoms with Gasteiger partial charge in [-0.25, -0.2) is 18.2 Å². The van der Waals surface area contributed by atoms with Crippen molar-refractivity contribution in [1.29, 1.82) is 0 Å². The van der Waals surface area contributed by atoms with E-state index in [1.54, 1.807) is 24.2 Å². The number of morpholine rings is 1. The summed E-state index contributed by atoms with van der Waals surface area (Å²) in [6, 6.07) is 7.92. The van der Waals surface area contributed by atoms with Gasteiger partial charge in [0.15, 0.2) is 6.29 Å².